The van der Waals surface area contributed by atoms with E-state index in [4.69, 9.17) is 4.74 Å². The first-order valence-corrected chi connectivity index (χ1v) is 7.12. The molecule has 0 aliphatic rings. The summed E-state index contributed by atoms with van der Waals surface area (Å²) in [6.07, 6.45) is 0.695. The topological polar surface area (TPSA) is 84.6 Å². The van der Waals surface area contributed by atoms with Crippen LogP contribution in [0.4, 0.5) is 0 Å². The van der Waals surface area contributed by atoms with Crippen molar-refractivity contribution in [2.24, 2.45) is 0 Å². The Morgan fingerprint density at radius 3 is 2.45 bits per heavy atom. The Labute approximate surface area is 129 Å². The van der Waals surface area contributed by atoms with Gasteiger partial charge in [0.05, 0.1) is 23.3 Å². The second kappa shape index (κ2) is 5.70. The quantitative estimate of drug-likeness (QED) is 0.795. The van der Waals surface area contributed by atoms with E-state index in [0.29, 0.717) is 28.6 Å². The van der Waals surface area contributed by atoms with Crippen LogP contribution in [0.1, 0.15) is 38.2 Å². The molecule has 0 unspecified atom stereocenters. The molecule has 6 heteroatoms. The Morgan fingerprint density at radius 2 is 1.91 bits per heavy atom. The molecule has 1 aromatic heterocycles. The van der Waals surface area contributed by atoms with Crippen LogP contribution in [-0.4, -0.2) is 44.1 Å². The van der Waals surface area contributed by atoms with E-state index in [-0.39, 0.29) is 13.2 Å². The molecule has 2 rings (SSSR count). The second-order valence-electron chi connectivity index (χ2n) is 6.75. The van der Waals surface area contributed by atoms with Crippen LogP contribution in [-0.2, 0) is 6.54 Å². The molecule has 0 amide bonds. The average molecular weight is 306 g/mol. The predicted molar refractivity (Wildman–Crippen MR) is 83.2 cm³/mol. The van der Waals surface area contributed by atoms with Gasteiger partial charge >= 0.3 is 0 Å². The lowest BCUT2D eigenvalue weighted by Gasteiger charge is -2.19. The normalized spacial score (nSPS) is 12.6. The van der Waals surface area contributed by atoms with Crippen molar-refractivity contribution < 1.29 is 19.7 Å². The van der Waals surface area contributed by atoms with Crippen molar-refractivity contribution in [3.05, 3.63) is 23.9 Å². The van der Waals surface area contributed by atoms with Crippen molar-refractivity contribution in [2.75, 3.05) is 6.61 Å². The number of hydrogen-bond acceptors (Lipinski definition) is 5. The molecule has 0 bridgehead atoms. The number of carbonyl (C=O) groups is 1. The SMILES string of the molecule is CC(C)(O)COc1ccc2c(C=O)nn(CC(C)(C)O)c2c1. The lowest BCUT2D eigenvalue weighted by molar-refractivity contribution is 0.0285. The van der Waals surface area contributed by atoms with Crippen LogP contribution in [0.2, 0.25) is 0 Å². The highest BCUT2D eigenvalue weighted by atomic mass is 16.5. The van der Waals surface area contributed by atoms with Gasteiger partial charge in [0.25, 0.3) is 0 Å². The van der Waals surface area contributed by atoms with Crippen LogP contribution in [0, 0.1) is 0 Å². The van der Waals surface area contributed by atoms with Crippen LogP contribution in [0.3, 0.4) is 0 Å². The Balaban J connectivity index is 2.40. The lowest BCUT2D eigenvalue weighted by atomic mass is 10.1. The lowest BCUT2D eigenvalue weighted by Crippen LogP contribution is -2.28. The minimum atomic E-state index is -0.955. The van der Waals surface area contributed by atoms with E-state index in [9.17, 15) is 15.0 Å². The molecule has 0 saturated heterocycles. The summed E-state index contributed by atoms with van der Waals surface area (Å²) in [6, 6.07) is 5.25. The van der Waals surface area contributed by atoms with E-state index in [2.05, 4.69) is 5.10 Å². The smallest absolute Gasteiger partial charge is 0.170 e. The maximum atomic E-state index is 11.1. The van der Waals surface area contributed by atoms with E-state index in [1.807, 2.05) is 0 Å². The molecule has 2 N–H and O–H groups in total. The molecule has 1 heterocycles. The zero-order valence-electron chi connectivity index (χ0n) is 13.3. The van der Waals surface area contributed by atoms with E-state index in [1.54, 1.807) is 50.6 Å². The summed E-state index contributed by atoms with van der Waals surface area (Å²) in [5.41, 5.74) is -0.856. The van der Waals surface area contributed by atoms with E-state index in [0.717, 1.165) is 0 Å². The van der Waals surface area contributed by atoms with E-state index in [1.165, 1.54) is 0 Å². The molecule has 0 saturated carbocycles. The zero-order chi connectivity index (χ0) is 16.5. The van der Waals surface area contributed by atoms with Crippen molar-refractivity contribution in [1.82, 2.24) is 9.78 Å². The first-order chi connectivity index (χ1) is 10.1. The highest BCUT2D eigenvalue weighted by Gasteiger charge is 2.19. The Hall–Kier alpha value is -1.92. The number of aldehydes is 1. The summed E-state index contributed by atoms with van der Waals surface area (Å²) in [5, 5.41) is 24.6. The van der Waals surface area contributed by atoms with Crippen LogP contribution >= 0.6 is 0 Å². The number of nitrogens with zero attached hydrogens (tertiary/aromatic N) is 2. The molecule has 6 nitrogen and oxygen atoms in total. The monoisotopic (exact) mass is 306 g/mol. The van der Waals surface area contributed by atoms with Crippen LogP contribution < -0.4 is 4.74 Å². The minimum Gasteiger partial charge on any atom is -0.491 e. The maximum absolute atomic E-state index is 11.1. The molecule has 0 radical (unpaired) electrons. The molecule has 0 spiro atoms. The van der Waals surface area contributed by atoms with Crippen molar-refractivity contribution in [3.63, 3.8) is 0 Å². The largest absolute Gasteiger partial charge is 0.491 e. The van der Waals surface area contributed by atoms with Gasteiger partial charge < -0.3 is 14.9 Å². The molecule has 120 valence electrons. The number of aliphatic hydroxyl groups is 2. The van der Waals surface area contributed by atoms with E-state index >= 15 is 0 Å². The fraction of sp³-hybridized carbons (Fsp3) is 0.500. The van der Waals surface area contributed by atoms with Gasteiger partial charge in [0, 0.05) is 11.5 Å². The number of ether oxygens (including phenoxy) is 1. The summed E-state index contributed by atoms with van der Waals surface area (Å²) in [4.78, 5) is 11.1. The number of benzene rings is 1. The summed E-state index contributed by atoms with van der Waals surface area (Å²) >= 11 is 0. The molecule has 0 fully saturated rings. The Morgan fingerprint density at radius 1 is 1.23 bits per heavy atom. The number of carbonyl (C=O) groups excluding carboxylic acids is 1. The second-order valence-corrected chi connectivity index (χ2v) is 6.75. The van der Waals surface area contributed by atoms with Crippen molar-refractivity contribution in [2.45, 2.75) is 45.4 Å². The maximum Gasteiger partial charge on any atom is 0.170 e. The van der Waals surface area contributed by atoms with Crippen LogP contribution in [0.5, 0.6) is 5.75 Å². The van der Waals surface area contributed by atoms with Gasteiger partial charge in [0.2, 0.25) is 0 Å². The average Bonchev–Trinajstić information content (AvgIpc) is 2.71. The van der Waals surface area contributed by atoms with Gasteiger partial charge in [0.15, 0.2) is 6.29 Å². The molecular formula is C16H22N2O4. The van der Waals surface area contributed by atoms with Crippen LogP contribution in [0.15, 0.2) is 18.2 Å². The Kier molecular flexibility index (Phi) is 4.26. The fourth-order valence-corrected chi connectivity index (χ4v) is 2.10. The van der Waals surface area contributed by atoms with Gasteiger partial charge in [-0.15, -0.1) is 0 Å². The highest BCUT2D eigenvalue weighted by Crippen LogP contribution is 2.25. The summed E-state index contributed by atoms with van der Waals surface area (Å²) in [7, 11) is 0. The van der Waals surface area contributed by atoms with Crippen molar-refractivity contribution >= 4 is 17.2 Å². The van der Waals surface area contributed by atoms with Gasteiger partial charge in [-0.1, -0.05) is 0 Å². The number of fused-ring (bicyclic) bond motifs is 1. The molecule has 22 heavy (non-hydrogen) atoms. The van der Waals surface area contributed by atoms with Gasteiger partial charge in [0.1, 0.15) is 18.1 Å². The summed E-state index contributed by atoms with van der Waals surface area (Å²) < 4.78 is 7.16. The standard InChI is InChI=1S/C16H22N2O4/c1-15(2,20)9-18-14-7-11(22-10-16(3,4)21)5-6-12(14)13(8-19)17-18/h5-8,20-21H,9-10H2,1-4H3. The number of hydrogen-bond donors (Lipinski definition) is 2. The van der Waals surface area contributed by atoms with Gasteiger partial charge in [-0.05, 0) is 39.8 Å². The van der Waals surface area contributed by atoms with Crippen LogP contribution in [0.25, 0.3) is 10.9 Å². The summed E-state index contributed by atoms with van der Waals surface area (Å²) in [6.45, 7) is 7.08. The third-order valence-corrected chi connectivity index (χ3v) is 2.99. The fourth-order valence-electron chi connectivity index (χ4n) is 2.10. The van der Waals surface area contributed by atoms with E-state index < -0.39 is 11.2 Å². The van der Waals surface area contributed by atoms with Crippen molar-refractivity contribution in [3.8, 4) is 5.75 Å². The van der Waals surface area contributed by atoms with Gasteiger partial charge in [-0.25, -0.2) is 0 Å². The first kappa shape index (κ1) is 16.5. The molecule has 1 aromatic carbocycles. The molecule has 0 aliphatic heterocycles. The zero-order valence-corrected chi connectivity index (χ0v) is 13.3. The van der Waals surface area contributed by atoms with Gasteiger partial charge in [-0.3, -0.25) is 9.48 Å². The molecule has 0 aliphatic carbocycles. The highest BCUT2D eigenvalue weighted by molar-refractivity contribution is 5.95. The molecular weight excluding hydrogens is 284 g/mol. The molecule has 2 aromatic rings. The first-order valence-electron chi connectivity index (χ1n) is 7.12. The number of rotatable bonds is 6. The van der Waals surface area contributed by atoms with Gasteiger partial charge in [-0.2, -0.15) is 5.10 Å². The minimum absolute atomic E-state index is 0.151. The number of aromatic nitrogens is 2. The van der Waals surface area contributed by atoms with Crippen molar-refractivity contribution in [1.29, 1.82) is 0 Å². The third-order valence-electron chi connectivity index (χ3n) is 2.99. The summed E-state index contributed by atoms with van der Waals surface area (Å²) in [5.74, 6) is 0.573. The third kappa shape index (κ3) is 4.05. The Bertz CT molecular complexity index is 678. The predicted octanol–water partition coefficient (Wildman–Crippen LogP) is 1.77. The molecule has 0 atom stereocenters.